The van der Waals surface area contributed by atoms with E-state index >= 15 is 0 Å². The molecule has 0 saturated carbocycles. The van der Waals surface area contributed by atoms with Gasteiger partial charge in [-0.3, -0.25) is 0 Å². The van der Waals surface area contributed by atoms with Gasteiger partial charge in [-0.2, -0.15) is 0 Å². The van der Waals surface area contributed by atoms with Crippen LogP contribution in [0, 0.1) is 23.5 Å². The summed E-state index contributed by atoms with van der Waals surface area (Å²) in [5.74, 6) is -2.44. The molecule has 0 heterocycles. The van der Waals surface area contributed by atoms with Gasteiger partial charge >= 0.3 is 0 Å². The van der Waals surface area contributed by atoms with Gasteiger partial charge in [0.25, 0.3) is 0 Å². The van der Waals surface area contributed by atoms with E-state index in [4.69, 9.17) is 10.5 Å². The Hall–Kier alpha value is -2.01. The molecule has 0 amide bonds. The molecule has 0 fully saturated rings. The fourth-order valence-corrected chi connectivity index (χ4v) is 1.47. The first-order valence-corrected chi connectivity index (χ1v) is 5.14. The standard InChI is InChI=1S/C13H9F3NO/c14-8-2-1-3-9(6-8)18-13-10(7-17)11(15)4-5-12(13)16/h1-4,6H,7,17H2. The van der Waals surface area contributed by atoms with Gasteiger partial charge in [0.1, 0.15) is 17.4 Å². The maximum Gasteiger partial charge on any atom is 0.174 e. The quantitative estimate of drug-likeness (QED) is 0.910. The van der Waals surface area contributed by atoms with Crippen molar-refractivity contribution in [3.05, 3.63) is 59.4 Å². The van der Waals surface area contributed by atoms with Gasteiger partial charge in [0.2, 0.25) is 0 Å². The van der Waals surface area contributed by atoms with Gasteiger partial charge in [0.05, 0.1) is 0 Å². The van der Waals surface area contributed by atoms with E-state index < -0.39 is 17.5 Å². The second-order valence-corrected chi connectivity index (χ2v) is 3.52. The average Bonchev–Trinajstić information content (AvgIpc) is 2.34. The van der Waals surface area contributed by atoms with Crippen LogP contribution in [0.5, 0.6) is 11.5 Å². The monoisotopic (exact) mass is 252 g/mol. The fourth-order valence-electron chi connectivity index (χ4n) is 1.47. The predicted molar refractivity (Wildman–Crippen MR) is 59.6 cm³/mol. The molecule has 2 rings (SSSR count). The summed E-state index contributed by atoms with van der Waals surface area (Å²) in [4.78, 5) is 0. The summed E-state index contributed by atoms with van der Waals surface area (Å²) < 4.78 is 45.0. The number of nitrogens with two attached hydrogens (primary N) is 1. The molecule has 5 heteroatoms. The predicted octanol–water partition coefficient (Wildman–Crippen LogP) is 3.16. The molecule has 1 radical (unpaired) electrons. The molecule has 2 aromatic rings. The second kappa shape index (κ2) is 5.10. The van der Waals surface area contributed by atoms with Gasteiger partial charge in [0.15, 0.2) is 11.6 Å². The first kappa shape index (κ1) is 12.4. The van der Waals surface area contributed by atoms with Crippen molar-refractivity contribution in [2.45, 2.75) is 6.54 Å². The van der Waals surface area contributed by atoms with Gasteiger partial charge in [-0.1, -0.05) is 6.07 Å². The molecular formula is C13H9F3NO. The summed E-state index contributed by atoms with van der Waals surface area (Å²) in [7, 11) is 0. The summed E-state index contributed by atoms with van der Waals surface area (Å²) >= 11 is 0. The van der Waals surface area contributed by atoms with Crippen LogP contribution in [0.4, 0.5) is 13.2 Å². The van der Waals surface area contributed by atoms with Crippen molar-refractivity contribution < 1.29 is 17.9 Å². The lowest BCUT2D eigenvalue weighted by atomic mass is 10.2. The Kier molecular flexibility index (Phi) is 3.53. The van der Waals surface area contributed by atoms with Crippen molar-refractivity contribution >= 4 is 0 Å². The van der Waals surface area contributed by atoms with E-state index in [0.29, 0.717) is 0 Å². The van der Waals surface area contributed by atoms with Crippen LogP contribution in [-0.2, 0) is 6.54 Å². The Morgan fingerprint density at radius 3 is 2.67 bits per heavy atom. The van der Waals surface area contributed by atoms with Crippen LogP contribution >= 0.6 is 0 Å². The molecule has 2 nitrogen and oxygen atoms in total. The first-order valence-electron chi connectivity index (χ1n) is 5.14. The second-order valence-electron chi connectivity index (χ2n) is 3.52. The van der Waals surface area contributed by atoms with Crippen LogP contribution in [-0.4, -0.2) is 0 Å². The van der Waals surface area contributed by atoms with Gasteiger partial charge in [0, 0.05) is 24.2 Å². The third kappa shape index (κ3) is 2.46. The molecular weight excluding hydrogens is 243 g/mol. The normalized spacial score (nSPS) is 10.4. The van der Waals surface area contributed by atoms with Crippen LogP contribution in [0.1, 0.15) is 5.56 Å². The molecule has 18 heavy (non-hydrogen) atoms. The van der Waals surface area contributed by atoms with Crippen molar-refractivity contribution in [1.82, 2.24) is 0 Å². The van der Waals surface area contributed by atoms with Crippen molar-refractivity contribution in [2.24, 2.45) is 5.73 Å². The van der Waals surface area contributed by atoms with Crippen molar-refractivity contribution in [3.8, 4) is 11.5 Å². The Morgan fingerprint density at radius 1 is 1.22 bits per heavy atom. The number of ether oxygens (including phenoxy) is 1. The molecule has 0 aliphatic rings. The van der Waals surface area contributed by atoms with Crippen molar-refractivity contribution in [1.29, 1.82) is 0 Å². The van der Waals surface area contributed by atoms with E-state index in [2.05, 4.69) is 6.07 Å². The van der Waals surface area contributed by atoms with Crippen LogP contribution < -0.4 is 10.5 Å². The lowest BCUT2D eigenvalue weighted by Crippen LogP contribution is -2.04. The van der Waals surface area contributed by atoms with E-state index in [-0.39, 0.29) is 23.6 Å². The van der Waals surface area contributed by atoms with Crippen LogP contribution in [0.25, 0.3) is 0 Å². The third-order valence-electron chi connectivity index (χ3n) is 2.31. The topological polar surface area (TPSA) is 35.2 Å². The highest BCUT2D eigenvalue weighted by Gasteiger charge is 2.15. The number of benzene rings is 2. The maximum absolute atomic E-state index is 13.5. The summed E-state index contributed by atoms with van der Waals surface area (Å²) in [6, 6.07) is 8.00. The number of rotatable bonds is 3. The summed E-state index contributed by atoms with van der Waals surface area (Å²) in [5, 5.41) is 0. The zero-order valence-corrected chi connectivity index (χ0v) is 9.21. The zero-order chi connectivity index (χ0) is 13.1. The Balaban J connectivity index is 2.42. The summed E-state index contributed by atoms with van der Waals surface area (Å²) in [6.45, 7) is -0.234. The van der Waals surface area contributed by atoms with E-state index in [9.17, 15) is 13.2 Å². The SMILES string of the molecule is NCc1c(F)c[c]c(F)c1Oc1cccc(F)c1. The largest absolute Gasteiger partial charge is 0.454 e. The molecule has 0 aliphatic heterocycles. The maximum atomic E-state index is 13.5. The molecule has 0 saturated heterocycles. The minimum absolute atomic E-state index is 0.0580. The van der Waals surface area contributed by atoms with Crippen LogP contribution in [0.15, 0.2) is 30.3 Å². The summed E-state index contributed by atoms with van der Waals surface area (Å²) in [5.41, 5.74) is 5.21. The van der Waals surface area contributed by atoms with Gasteiger partial charge in [-0.15, -0.1) is 0 Å². The smallest absolute Gasteiger partial charge is 0.174 e. The molecule has 0 unspecified atom stereocenters. The molecule has 2 N–H and O–H groups in total. The first-order chi connectivity index (χ1) is 8.61. The zero-order valence-electron chi connectivity index (χ0n) is 9.21. The van der Waals surface area contributed by atoms with Crippen LogP contribution in [0.3, 0.4) is 0 Å². The fraction of sp³-hybridized carbons (Fsp3) is 0.0769. The van der Waals surface area contributed by atoms with Gasteiger partial charge in [-0.05, 0) is 18.2 Å². The van der Waals surface area contributed by atoms with Crippen molar-refractivity contribution in [2.75, 3.05) is 0 Å². The molecule has 0 aliphatic carbocycles. The summed E-state index contributed by atoms with van der Waals surface area (Å²) in [6.07, 6.45) is 0. The van der Waals surface area contributed by atoms with E-state index in [1.807, 2.05) is 0 Å². The molecule has 0 aromatic heterocycles. The van der Waals surface area contributed by atoms with E-state index in [1.54, 1.807) is 0 Å². The Bertz CT molecular complexity index is 572. The highest BCUT2D eigenvalue weighted by Crippen LogP contribution is 2.30. The number of halogens is 3. The minimum atomic E-state index is -0.874. The number of hydrogen-bond donors (Lipinski definition) is 1. The third-order valence-corrected chi connectivity index (χ3v) is 2.31. The Morgan fingerprint density at radius 2 is 2.00 bits per heavy atom. The van der Waals surface area contributed by atoms with E-state index in [1.165, 1.54) is 18.2 Å². The molecule has 93 valence electrons. The van der Waals surface area contributed by atoms with Crippen LogP contribution in [0.2, 0.25) is 0 Å². The van der Waals surface area contributed by atoms with Crippen molar-refractivity contribution in [3.63, 3.8) is 0 Å². The average molecular weight is 252 g/mol. The molecule has 0 atom stereocenters. The number of hydrogen-bond acceptors (Lipinski definition) is 2. The van der Waals surface area contributed by atoms with E-state index in [0.717, 1.165) is 12.1 Å². The lowest BCUT2D eigenvalue weighted by molar-refractivity contribution is 0.424. The highest BCUT2D eigenvalue weighted by atomic mass is 19.1. The Labute approximate surface area is 102 Å². The molecule has 2 aromatic carbocycles. The minimum Gasteiger partial charge on any atom is -0.454 e. The van der Waals surface area contributed by atoms with Gasteiger partial charge < -0.3 is 10.5 Å². The van der Waals surface area contributed by atoms with Gasteiger partial charge in [-0.25, -0.2) is 13.2 Å². The molecule has 0 bridgehead atoms. The molecule has 0 spiro atoms. The lowest BCUT2D eigenvalue weighted by Gasteiger charge is -2.11. The highest BCUT2D eigenvalue weighted by molar-refractivity contribution is 5.39.